The van der Waals surface area contributed by atoms with Gasteiger partial charge in [0.25, 0.3) is 0 Å². The molecule has 1 spiro atoms. The Labute approximate surface area is 152 Å². The van der Waals surface area contributed by atoms with E-state index in [4.69, 9.17) is 0 Å². The Kier molecular flexibility index (Phi) is 4.95. The number of nitrogens with zero attached hydrogens (tertiary/aromatic N) is 2. The van der Waals surface area contributed by atoms with Gasteiger partial charge in [-0.05, 0) is 80.9 Å². The smallest absolute Gasteiger partial charge is 0.387 e. The fourth-order valence-electron chi connectivity index (χ4n) is 4.45. The van der Waals surface area contributed by atoms with Gasteiger partial charge in [0.15, 0.2) is 0 Å². The van der Waals surface area contributed by atoms with E-state index in [1.165, 1.54) is 38.8 Å². The topological polar surface area (TPSA) is 15.7 Å². The van der Waals surface area contributed by atoms with Crippen LogP contribution in [0.25, 0.3) is 0 Å². The molecule has 138 valence electrons. The zero-order valence-electron chi connectivity index (χ0n) is 14.7. The van der Waals surface area contributed by atoms with E-state index < -0.39 is 6.61 Å². The first-order valence-electron chi connectivity index (χ1n) is 9.23. The summed E-state index contributed by atoms with van der Waals surface area (Å²) in [6.07, 6.45) is 5.41. The summed E-state index contributed by atoms with van der Waals surface area (Å²) in [5, 5.41) is 0. The van der Waals surface area contributed by atoms with Crippen LogP contribution in [0.3, 0.4) is 0 Å². The maximum atomic E-state index is 12.2. The number of likely N-dealkylation sites (tertiary alicyclic amines) is 1. The number of ether oxygens (including phenoxy) is 1. The summed E-state index contributed by atoms with van der Waals surface area (Å²) in [5.74, 6) is 1.12. The highest BCUT2D eigenvalue weighted by atomic mass is 32.2. The Hall–Kier alpha value is -0.850. The van der Waals surface area contributed by atoms with Crippen molar-refractivity contribution in [2.24, 2.45) is 11.3 Å². The van der Waals surface area contributed by atoms with E-state index in [0.29, 0.717) is 5.41 Å². The molecule has 3 fully saturated rings. The monoisotopic (exact) mass is 368 g/mol. The minimum Gasteiger partial charge on any atom is -0.435 e. The van der Waals surface area contributed by atoms with E-state index in [-0.39, 0.29) is 5.75 Å². The molecular weight excluding hydrogens is 342 g/mol. The minimum atomic E-state index is -2.76. The predicted octanol–water partition coefficient (Wildman–Crippen LogP) is 4.49. The molecule has 0 N–H and O–H groups in total. The van der Waals surface area contributed by atoms with Crippen LogP contribution in [-0.4, -0.2) is 48.0 Å². The fourth-order valence-corrected chi connectivity index (χ4v) is 5.68. The third-order valence-corrected chi connectivity index (χ3v) is 6.98. The first kappa shape index (κ1) is 17.6. The van der Waals surface area contributed by atoms with Crippen LogP contribution in [0.15, 0.2) is 29.2 Å². The minimum absolute atomic E-state index is 0.220. The maximum Gasteiger partial charge on any atom is 0.387 e. The van der Waals surface area contributed by atoms with E-state index in [1.807, 2.05) is 12.1 Å². The molecule has 1 aromatic rings. The predicted molar refractivity (Wildman–Crippen MR) is 95.9 cm³/mol. The lowest BCUT2D eigenvalue weighted by Crippen LogP contribution is -2.65. The van der Waals surface area contributed by atoms with Gasteiger partial charge in [-0.1, -0.05) is 6.92 Å². The van der Waals surface area contributed by atoms with E-state index >= 15 is 0 Å². The number of halogens is 2. The van der Waals surface area contributed by atoms with Gasteiger partial charge < -0.3 is 9.64 Å². The summed E-state index contributed by atoms with van der Waals surface area (Å²) in [4.78, 5) is 3.79. The zero-order chi connectivity index (χ0) is 17.4. The second kappa shape index (κ2) is 7.05. The molecule has 0 radical (unpaired) electrons. The largest absolute Gasteiger partial charge is 0.435 e. The number of benzene rings is 1. The Bertz CT molecular complexity index is 576. The van der Waals surface area contributed by atoms with Crippen LogP contribution in [-0.2, 0) is 0 Å². The van der Waals surface area contributed by atoms with Crippen LogP contribution < -0.4 is 4.74 Å². The summed E-state index contributed by atoms with van der Waals surface area (Å²) in [6.45, 7) is 4.47. The summed E-state index contributed by atoms with van der Waals surface area (Å²) < 4.78 is 31.1. The first-order valence-corrected chi connectivity index (χ1v) is 10.0. The summed E-state index contributed by atoms with van der Waals surface area (Å²) in [6, 6.07) is 7.74. The Morgan fingerprint density at radius 1 is 1.12 bits per heavy atom. The SMILES string of the molecule is CC1CCN(C2CC3(C2)CN(Sc2ccc(OC(F)F)cc2)C3)CC1. The molecule has 3 nitrogen and oxygen atoms in total. The van der Waals surface area contributed by atoms with Crippen molar-refractivity contribution in [3.05, 3.63) is 24.3 Å². The van der Waals surface area contributed by atoms with Gasteiger partial charge in [0.2, 0.25) is 0 Å². The quantitative estimate of drug-likeness (QED) is 0.711. The molecule has 0 amide bonds. The van der Waals surface area contributed by atoms with E-state index in [1.54, 1.807) is 24.1 Å². The Balaban J connectivity index is 1.20. The number of hydrogen-bond donors (Lipinski definition) is 0. The van der Waals surface area contributed by atoms with Crippen LogP contribution in [0, 0.1) is 11.3 Å². The molecule has 0 bridgehead atoms. The zero-order valence-corrected chi connectivity index (χ0v) is 15.5. The average Bonchev–Trinajstić information content (AvgIpc) is 2.51. The molecule has 0 atom stereocenters. The van der Waals surface area contributed by atoms with Gasteiger partial charge >= 0.3 is 6.61 Å². The summed E-state index contributed by atoms with van der Waals surface area (Å²) in [7, 11) is 0. The van der Waals surface area contributed by atoms with Crippen LogP contribution in [0.5, 0.6) is 5.75 Å². The molecule has 1 saturated carbocycles. The number of hydrogen-bond acceptors (Lipinski definition) is 4. The standard InChI is InChI=1S/C19H26F2N2OS/c1-14-6-8-22(9-7-14)15-10-19(11-15)12-23(13-19)25-17-4-2-16(3-5-17)24-18(20)21/h2-5,14-15,18H,6-13H2,1H3. The molecule has 0 aromatic heterocycles. The van der Waals surface area contributed by atoms with Crippen LogP contribution in [0.4, 0.5) is 8.78 Å². The lowest BCUT2D eigenvalue weighted by molar-refractivity contribution is -0.0781. The molecule has 2 aliphatic heterocycles. The highest BCUT2D eigenvalue weighted by Crippen LogP contribution is 2.53. The first-order chi connectivity index (χ1) is 12.0. The highest BCUT2D eigenvalue weighted by molar-refractivity contribution is 7.97. The Morgan fingerprint density at radius 2 is 1.76 bits per heavy atom. The van der Waals surface area contributed by atoms with Crippen molar-refractivity contribution in [1.82, 2.24) is 9.21 Å². The molecular formula is C19H26F2N2OS. The van der Waals surface area contributed by atoms with Gasteiger partial charge in [-0.3, -0.25) is 0 Å². The highest BCUT2D eigenvalue weighted by Gasteiger charge is 2.54. The molecule has 2 heterocycles. The maximum absolute atomic E-state index is 12.2. The number of alkyl halides is 2. The number of piperidine rings is 1. The van der Waals surface area contributed by atoms with Crippen molar-refractivity contribution in [3.63, 3.8) is 0 Å². The van der Waals surface area contributed by atoms with Crippen LogP contribution in [0.2, 0.25) is 0 Å². The van der Waals surface area contributed by atoms with Crippen LogP contribution >= 0.6 is 11.9 Å². The molecule has 4 rings (SSSR count). The van der Waals surface area contributed by atoms with Crippen molar-refractivity contribution in [1.29, 1.82) is 0 Å². The van der Waals surface area contributed by atoms with Gasteiger partial charge in [-0.25, -0.2) is 4.31 Å². The molecule has 25 heavy (non-hydrogen) atoms. The van der Waals surface area contributed by atoms with Gasteiger partial charge in [0.05, 0.1) is 0 Å². The second-order valence-electron chi connectivity index (χ2n) is 8.02. The van der Waals surface area contributed by atoms with Crippen molar-refractivity contribution >= 4 is 11.9 Å². The van der Waals surface area contributed by atoms with Gasteiger partial charge in [-0.15, -0.1) is 0 Å². The normalized spacial score (nSPS) is 25.1. The molecule has 1 aromatic carbocycles. The van der Waals surface area contributed by atoms with Crippen molar-refractivity contribution in [2.75, 3.05) is 26.2 Å². The lowest BCUT2D eigenvalue weighted by Gasteiger charge is -2.61. The van der Waals surface area contributed by atoms with E-state index in [9.17, 15) is 8.78 Å². The lowest BCUT2D eigenvalue weighted by atomic mass is 9.61. The summed E-state index contributed by atoms with van der Waals surface area (Å²) >= 11 is 1.72. The molecule has 3 aliphatic rings. The van der Waals surface area contributed by atoms with Crippen molar-refractivity contribution in [3.8, 4) is 5.75 Å². The van der Waals surface area contributed by atoms with Gasteiger partial charge in [0, 0.05) is 29.4 Å². The van der Waals surface area contributed by atoms with Crippen molar-refractivity contribution < 1.29 is 13.5 Å². The third-order valence-electron chi connectivity index (χ3n) is 5.98. The third kappa shape index (κ3) is 3.96. The average molecular weight is 368 g/mol. The molecule has 1 aliphatic carbocycles. The molecule has 6 heteroatoms. The number of rotatable bonds is 5. The van der Waals surface area contributed by atoms with Gasteiger partial charge in [-0.2, -0.15) is 8.78 Å². The van der Waals surface area contributed by atoms with Crippen LogP contribution in [0.1, 0.15) is 32.6 Å². The fraction of sp³-hybridized carbons (Fsp3) is 0.684. The van der Waals surface area contributed by atoms with Gasteiger partial charge in [0.1, 0.15) is 5.75 Å². The summed E-state index contributed by atoms with van der Waals surface area (Å²) in [5.41, 5.74) is 0.541. The second-order valence-corrected chi connectivity index (χ2v) is 9.19. The van der Waals surface area contributed by atoms with Crippen molar-refractivity contribution in [2.45, 2.75) is 50.2 Å². The molecule has 2 saturated heterocycles. The molecule has 0 unspecified atom stereocenters. The van der Waals surface area contributed by atoms with E-state index in [0.717, 1.165) is 29.9 Å². The Morgan fingerprint density at radius 3 is 2.36 bits per heavy atom. The van der Waals surface area contributed by atoms with E-state index in [2.05, 4.69) is 20.9 Å².